The second-order valence-electron chi connectivity index (χ2n) is 9.51. The maximum atomic E-state index is 13.8. The van der Waals surface area contributed by atoms with Gasteiger partial charge in [0, 0.05) is 36.1 Å². The zero-order valence-corrected chi connectivity index (χ0v) is 25.2. The SMILES string of the molecule is CCC1CCCCN1S(=O)(=O)c1ccc(C(=O)N(CCN(CC)CC)c2nc3ccc(SC)cc3s2)cc1. The Bertz CT molecular complexity index is 1340. The van der Waals surface area contributed by atoms with Gasteiger partial charge in [0.15, 0.2) is 5.13 Å². The van der Waals surface area contributed by atoms with Gasteiger partial charge in [-0.05, 0) is 81.1 Å². The monoisotopic (exact) mass is 574 g/mol. The molecule has 1 fully saturated rings. The summed E-state index contributed by atoms with van der Waals surface area (Å²) in [5.74, 6) is -0.172. The van der Waals surface area contributed by atoms with E-state index >= 15 is 0 Å². The third kappa shape index (κ3) is 6.25. The summed E-state index contributed by atoms with van der Waals surface area (Å²) in [4.78, 5) is 24.0. The Morgan fingerprint density at radius 2 is 1.82 bits per heavy atom. The van der Waals surface area contributed by atoms with Crippen molar-refractivity contribution < 1.29 is 13.2 Å². The van der Waals surface area contributed by atoms with Crippen LogP contribution < -0.4 is 4.90 Å². The fourth-order valence-electron chi connectivity index (χ4n) is 4.96. The molecule has 206 valence electrons. The van der Waals surface area contributed by atoms with Crippen LogP contribution in [0.5, 0.6) is 0 Å². The Morgan fingerprint density at radius 1 is 1.08 bits per heavy atom. The maximum absolute atomic E-state index is 13.8. The Hall–Kier alpha value is -1.98. The lowest BCUT2D eigenvalue weighted by atomic mass is 10.0. The Balaban J connectivity index is 1.62. The minimum Gasteiger partial charge on any atom is -0.302 e. The molecule has 1 atom stereocenters. The van der Waals surface area contributed by atoms with Gasteiger partial charge in [0.2, 0.25) is 10.0 Å². The number of hydrogen-bond donors (Lipinski definition) is 0. The highest BCUT2D eigenvalue weighted by Crippen LogP contribution is 2.33. The minimum atomic E-state index is -3.60. The minimum absolute atomic E-state index is 0.0382. The number of thioether (sulfide) groups is 1. The summed E-state index contributed by atoms with van der Waals surface area (Å²) in [5, 5.41) is 0.659. The number of carbonyl (C=O) groups excluding carboxylic acids is 1. The molecule has 7 nitrogen and oxygen atoms in total. The van der Waals surface area contributed by atoms with Crippen LogP contribution in [0.2, 0.25) is 0 Å². The molecule has 0 bridgehead atoms. The molecule has 0 spiro atoms. The fraction of sp³-hybridized carbons (Fsp3) is 0.500. The second kappa shape index (κ2) is 12.9. The van der Waals surface area contributed by atoms with Gasteiger partial charge in [-0.15, -0.1) is 11.8 Å². The summed E-state index contributed by atoms with van der Waals surface area (Å²) in [5.41, 5.74) is 1.33. The zero-order valence-electron chi connectivity index (χ0n) is 22.7. The van der Waals surface area contributed by atoms with Gasteiger partial charge in [0.1, 0.15) is 0 Å². The first kappa shape index (κ1) is 29.0. The normalized spacial score (nSPS) is 16.8. The standard InChI is InChI=1S/C28H38N4O3S3/c1-5-22-10-8-9-17-32(22)38(34,35)24-14-11-21(12-15-24)27(33)31(19-18-30(6-2)7-3)28-29-25-16-13-23(36-4)20-26(25)37-28/h11-16,20,22H,5-10,17-19H2,1-4H3. The summed E-state index contributed by atoms with van der Waals surface area (Å²) in [6.07, 6.45) is 5.69. The molecule has 0 aliphatic carbocycles. The number of amides is 1. The van der Waals surface area contributed by atoms with Crippen LogP contribution in [0.3, 0.4) is 0 Å². The molecule has 38 heavy (non-hydrogen) atoms. The number of benzene rings is 2. The third-order valence-electron chi connectivity index (χ3n) is 7.35. The molecule has 1 unspecified atom stereocenters. The second-order valence-corrected chi connectivity index (χ2v) is 13.3. The van der Waals surface area contributed by atoms with Gasteiger partial charge in [-0.1, -0.05) is 38.5 Å². The molecule has 3 aromatic rings. The van der Waals surface area contributed by atoms with Crippen LogP contribution >= 0.6 is 23.1 Å². The number of aromatic nitrogens is 1. The van der Waals surface area contributed by atoms with Crippen LogP contribution in [0.4, 0.5) is 5.13 Å². The van der Waals surface area contributed by atoms with E-state index in [1.165, 1.54) is 11.3 Å². The van der Waals surface area contributed by atoms with E-state index < -0.39 is 10.0 Å². The first-order chi connectivity index (χ1) is 18.3. The number of hydrogen-bond acceptors (Lipinski definition) is 7. The number of likely N-dealkylation sites (N-methyl/N-ethyl adjacent to an activating group) is 1. The van der Waals surface area contributed by atoms with Gasteiger partial charge in [-0.2, -0.15) is 4.31 Å². The lowest BCUT2D eigenvalue weighted by Gasteiger charge is -2.34. The summed E-state index contributed by atoms with van der Waals surface area (Å²) in [7, 11) is -3.60. The maximum Gasteiger partial charge on any atom is 0.260 e. The average Bonchev–Trinajstić information content (AvgIpc) is 3.38. The number of nitrogens with zero attached hydrogens (tertiary/aromatic N) is 4. The largest absolute Gasteiger partial charge is 0.302 e. The van der Waals surface area contributed by atoms with Crippen molar-refractivity contribution in [2.75, 3.05) is 43.9 Å². The Morgan fingerprint density at radius 3 is 2.47 bits per heavy atom. The van der Waals surface area contributed by atoms with Gasteiger partial charge in [-0.25, -0.2) is 13.4 Å². The van der Waals surface area contributed by atoms with Crippen molar-refractivity contribution in [1.82, 2.24) is 14.2 Å². The van der Waals surface area contributed by atoms with Gasteiger partial charge < -0.3 is 4.90 Å². The highest BCUT2D eigenvalue weighted by Gasteiger charge is 2.32. The highest BCUT2D eigenvalue weighted by molar-refractivity contribution is 7.98. The van der Waals surface area contributed by atoms with Crippen molar-refractivity contribution in [3.63, 3.8) is 0 Å². The lowest BCUT2D eigenvalue weighted by molar-refractivity contribution is 0.0983. The number of carbonyl (C=O) groups is 1. The molecule has 1 aliphatic heterocycles. The zero-order chi connectivity index (χ0) is 27.3. The average molecular weight is 575 g/mol. The molecule has 1 amide bonds. The molecule has 2 aromatic carbocycles. The van der Waals surface area contributed by atoms with E-state index in [-0.39, 0.29) is 16.8 Å². The van der Waals surface area contributed by atoms with E-state index in [1.807, 2.05) is 25.3 Å². The van der Waals surface area contributed by atoms with Gasteiger partial charge in [0.05, 0.1) is 15.1 Å². The van der Waals surface area contributed by atoms with Crippen LogP contribution in [0.15, 0.2) is 52.3 Å². The van der Waals surface area contributed by atoms with E-state index in [0.717, 1.165) is 60.4 Å². The van der Waals surface area contributed by atoms with Crippen molar-refractivity contribution in [2.45, 2.75) is 62.3 Å². The molecule has 1 aromatic heterocycles. The quantitative estimate of drug-likeness (QED) is 0.263. The van der Waals surface area contributed by atoms with Crippen LogP contribution in [-0.2, 0) is 10.0 Å². The summed E-state index contributed by atoms with van der Waals surface area (Å²) in [6.45, 7) is 9.85. The molecule has 2 heterocycles. The van der Waals surface area contributed by atoms with E-state index in [1.54, 1.807) is 45.2 Å². The van der Waals surface area contributed by atoms with E-state index in [0.29, 0.717) is 23.8 Å². The van der Waals surface area contributed by atoms with Gasteiger partial charge in [0.25, 0.3) is 5.91 Å². The molecular weight excluding hydrogens is 537 g/mol. The third-order valence-corrected chi connectivity index (χ3v) is 11.1. The Labute approximate surface area is 235 Å². The van der Waals surface area contributed by atoms with Crippen molar-refractivity contribution in [3.05, 3.63) is 48.0 Å². The van der Waals surface area contributed by atoms with Crippen molar-refractivity contribution in [2.24, 2.45) is 0 Å². The van der Waals surface area contributed by atoms with Crippen LogP contribution in [0.25, 0.3) is 10.2 Å². The predicted octanol–water partition coefficient (Wildman–Crippen LogP) is 5.96. The number of fused-ring (bicyclic) bond motifs is 1. The Kier molecular flexibility index (Phi) is 9.86. The molecular formula is C28H38N4O3S3. The lowest BCUT2D eigenvalue weighted by Crippen LogP contribution is -2.43. The van der Waals surface area contributed by atoms with E-state index in [4.69, 9.17) is 4.98 Å². The van der Waals surface area contributed by atoms with E-state index in [2.05, 4.69) is 24.8 Å². The van der Waals surface area contributed by atoms with Gasteiger partial charge in [-0.3, -0.25) is 9.69 Å². The molecule has 0 saturated carbocycles. The molecule has 0 N–H and O–H groups in total. The van der Waals surface area contributed by atoms with Crippen LogP contribution in [0.1, 0.15) is 56.8 Å². The molecule has 4 rings (SSSR count). The smallest absolute Gasteiger partial charge is 0.260 e. The molecule has 1 saturated heterocycles. The number of sulfonamides is 1. The molecule has 1 aliphatic rings. The predicted molar refractivity (Wildman–Crippen MR) is 159 cm³/mol. The number of anilines is 1. The van der Waals surface area contributed by atoms with Crippen molar-refractivity contribution in [3.8, 4) is 0 Å². The summed E-state index contributed by atoms with van der Waals surface area (Å²) < 4.78 is 29.5. The topological polar surface area (TPSA) is 73.8 Å². The highest BCUT2D eigenvalue weighted by atomic mass is 32.2. The molecule has 0 radical (unpaired) electrons. The number of piperidine rings is 1. The van der Waals surface area contributed by atoms with Crippen molar-refractivity contribution in [1.29, 1.82) is 0 Å². The first-order valence-corrected chi connectivity index (χ1v) is 16.9. The van der Waals surface area contributed by atoms with Crippen molar-refractivity contribution >= 4 is 54.4 Å². The van der Waals surface area contributed by atoms with Crippen LogP contribution in [0, 0.1) is 0 Å². The summed E-state index contributed by atoms with van der Waals surface area (Å²) >= 11 is 3.19. The fourth-order valence-corrected chi connectivity index (χ4v) is 8.27. The summed E-state index contributed by atoms with van der Waals surface area (Å²) in [6, 6.07) is 12.6. The number of thiazole rings is 1. The molecule has 10 heteroatoms. The van der Waals surface area contributed by atoms with Crippen LogP contribution in [-0.4, -0.2) is 73.5 Å². The van der Waals surface area contributed by atoms with E-state index in [9.17, 15) is 13.2 Å². The first-order valence-electron chi connectivity index (χ1n) is 13.4. The number of rotatable bonds is 11. The van der Waals surface area contributed by atoms with Gasteiger partial charge >= 0.3 is 0 Å².